The Bertz CT molecular complexity index is 1050. The van der Waals surface area contributed by atoms with Crippen LogP contribution in [0.2, 0.25) is 0 Å². The zero-order valence-electron chi connectivity index (χ0n) is 16.5. The van der Waals surface area contributed by atoms with E-state index in [0.29, 0.717) is 10.8 Å². The minimum Gasteiger partial charge on any atom is -0.352 e. The summed E-state index contributed by atoms with van der Waals surface area (Å²) in [6, 6.07) is 14.4. The Morgan fingerprint density at radius 3 is 2.53 bits per heavy atom. The highest BCUT2D eigenvalue weighted by Crippen LogP contribution is 2.41. The third-order valence-corrected chi connectivity index (χ3v) is 5.56. The van der Waals surface area contributed by atoms with Crippen molar-refractivity contribution in [3.8, 4) is 5.69 Å². The van der Waals surface area contributed by atoms with E-state index in [1.54, 1.807) is 23.0 Å². The Labute approximate surface area is 178 Å². The molecule has 4 rings (SSSR count). The maximum atomic E-state index is 13.3. The van der Waals surface area contributed by atoms with E-state index in [0.717, 1.165) is 17.5 Å². The van der Waals surface area contributed by atoms with Crippen molar-refractivity contribution in [3.05, 3.63) is 83.9 Å². The predicted octanol–water partition coefficient (Wildman–Crippen LogP) is 5.27. The molecule has 1 fully saturated rings. The second kappa shape index (κ2) is 7.75. The number of aromatic nitrogens is 2. The van der Waals surface area contributed by atoms with Crippen molar-refractivity contribution < 1.29 is 13.2 Å². The van der Waals surface area contributed by atoms with E-state index < -0.39 is 11.7 Å². The molecule has 1 saturated heterocycles. The second-order valence-electron chi connectivity index (χ2n) is 7.48. The highest BCUT2D eigenvalue weighted by molar-refractivity contribution is 7.80. The van der Waals surface area contributed by atoms with Crippen LogP contribution >= 0.6 is 12.2 Å². The monoisotopic (exact) mass is 430 g/mol. The summed E-state index contributed by atoms with van der Waals surface area (Å²) >= 11 is 5.60. The molecular formula is C22H21F3N4S. The summed E-state index contributed by atoms with van der Waals surface area (Å²) in [5, 5.41) is 3.96. The first-order valence-corrected chi connectivity index (χ1v) is 10.0. The molecule has 156 valence electrons. The molecular weight excluding hydrogens is 409 g/mol. The molecule has 3 aromatic rings. The zero-order valence-corrected chi connectivity index (χ0v) is 17.3. The maximum absolute atomic E-state index is 13.3. The van der Waals surface area contributed by atoms with E-state index in [2.05, 4.69) is 15.2 Å². The van der Waals surface area contributed by atoms with Gasteiger partial charge in [0.05, 0.1) is 23.3 Å². The van der Waals surface area contributed by atoms with Crippen molar-refractivity contribution >= 4 is 17.3 Å². The molecule has 4 nitrogen and oxygen atoms in total. The SMILES string of the molecule is CC(C)N1C(=S)N[C@H](c2ccccn2)[C@H]1c1cccn1-c1cccc(C(F)(F)F)c1. The van der Waals surface area contributed by atoms with Gasteiger partial charge < -0.3 is 14.8 Å². The van der Waals surface area contributed by atoms with Crippen molar-refractivity contribution in [2.45, 2.75) is 38.1 Å². The molecule has 1 aliphatic heterocycles. The first-order valence-electron chi connectivity index (χ1n) is 9.62. The number of hydrogen-bond donors (Lipinski definition) is 1. The van der Waals surface area contributed by atoms with Gasteiger partial charge in [-0.15, -0.1) is 0 Å². The number of thiocarbonyl (C=S) groups is 1. The minimum absolute atomic E-state index is 0.0913. The summed E-state index contributed by atoms with van der Waals surface area (Å²) in [6.07, 6.45) is -0.901. The van der Waals surface area contributed by atoms with Crippen molar-refractivity contribution in [1.29, 1.82) is 0 Å². The molecule has 1 N–H and O–H groups in total. The minimum atomic E-state index is -4.40. The van der Waals surface area contributed by atoms with E-state index in [1.165, 1.54) is 12.1 Å². The lowest BCUT2D eigenvalue weighted by atomic mass is 10.00. The van der Waals surface area contributed by atoms with Gasteiger partial charge in [0, 0.05) is 29.8 Å². The number of rotatable bonds is 4. The number of nitrogens with zero attached hydrogens (tertiary/aromatic N) is 3. The third-order valence-electron chi connectivity index (χ3n) is 5.23. The molecule has 0 bridgehead atoms. The molecule has 2 atom stereocenters. The van der Waals surface area contributed by atoms with Crippen LogP contribution in [0, 0.1) is 0 Å². The average Bonchev–Trinajstić information content (AvgIpc) is 3.32. The molecule has 1 aromatic carbocycles. The van der Waals surface area contributed by atoms with E-state index >= 15 is 0 Å². The van der Waals surface area contributed by atoms with Gasteiger partial charge in [-0.1, -0.05) is 12.1 Å². The van der Waals surface area contributed by atoms with E-state index in [4.69, 9.17) is 12.2 Å². The predicted molar refractivity (Wildman–Crippen MR) is 113 cm³/mol. The first kappa shape index (κ1) is 20.4. The molecule has 3 heterocycles. The van der Waals surface area contributed by atoms with Crippen LogP contribution in [0.5, 0.6) is 0 Å². The Balaban J connectivity index is 1.83. The average molecular weight is 430 g/mol. The lowest BCUT2D eigenvalue weighted by Gasteiger charge is -2.31. The van der Waals surface area contributed by atoms with Crippen LogP contribution in [0.3, 0.4) is 0 Å². The number of halogens is 3. The fraction of sp³-hybridized carbons (Fsp3) is 0.273. The van der Waals surface area contributed by atoms with Crippen LogP contribution in [0.15, 0.2) is 67.0 Å². The number of alkyl halides is 3. The molecule has 8 heteroatoms. The van der Waals surface area contributed by atoms with Gasteiger partial charge in [-0.2, -0.15) is 13.2 Å². The molecule has 0 aliphatic carbocycles. The maximum Gasteiger partial charge on any atom is 0.416 e. The number of pyridine rings is 1. The van der Waals surface area contributed by atoms with Gasteiger partial charge in [-0.25, -0.2) is 0 Å². The van der Waals surface area contributed by atoms with Crippen LogP contribution in [-0.2, 0) is 6.18 Å². The zero-order chi connectivity index (χ0) is 21.5. The molecule has 0 spiro atoms. The summed E-state index contributed by atoms with van der Waals surface area (Å²) in [4.78, 5) is 6.57. The highest BCUT2D eigenvalue weighted by Gasteiger charge is 2.42. The van der Waals surface area contributed by atoms with Crippen LogP contribution in [0.25, 0.3) is 5.69 Å². The van der Waals surface area contributed by atoms with Gasteiger partial charge in [-0.05, 0) is 68.5 Å². The summed E-state index contributed by atoms with van der Waals surface area (Å²) < 4.78 is 41.6. The molecule has 0 unspecified atom stereocenters. The molecule has 0 saturated carbocycles. The second-order valence-corrected chi connectivity index (χ2v) is 7.87. The summed E-state index contributed by atoms with van der Waals surface area (Å²) in [5.41, 5.74) is 1.43. The Morgan fingerprint density at radius 2 is 1.87 bits per heavy atom. The number of benzene rings is 1. The lowest BCUT2D eigenvalue weighted by molar-refractivity contribution is -0.137. The summed E-state index contributed by atoms with van der Waals surface area (Å²) in [5.74, 6) is 0. The van der Waals surface area contributed by atoms with E-state index in [9.17, 15) is 13.2 Å². The van der Waals surface area contributed by atoms with E-state index in [-0.39, 0.29) is 18.1 Å². The smallest absolute Gasteiger partial charge is 0.352 e. The van der Waals surface area contributed by atoms with Crippen molar-refractivity contribution in [1.82, 2.24) is 19.8 Å². The topological polar surface area (TPSA) is 33.1 Å². The van der Waals surface area contributed by atoms with Gasteiger partial charge in [0.25, 0.3) is 0 Å². The Hall–Kier alpha value is -2.87. The molecule has 0 radical (unpaired) electrons. The van der Waals surface area contributed by atoms with Crippen molar-refractivity contribution in [3.63, 3.8) is 0 Å². The Morgan fingerprint density at radius 1 is 1.07 bits per heavy atom. The molecule has 0 amide bonds. The van der Waals surface area contributed by atoms with Gasteiger partial charge in [0.1, 0.15) is 0 Å². The molecule has 30 heavy (non-hydrogen) atoms. The van der Waals surface area contributed by atoms with Crippen LogP contribution < -0.4 is 5.32 Å². The number of hydrogen-bond acceptors (Lipinski definition) is 2. The van der Waals surface area contributed by atoms with Crippen LogP contribution in [0.1, 0.15) is 42.9 Å². The summed E-state index contributed by atoms with van der Waals surface area (Å²) in [7, 11) is 0. The molecule has 2 aromatic heterocycles. The largest absolute Gasteiger partial charge is 0.416 e. The third kappa shape index (κ3) is 3.67. The van der Waals surface area contributed by atoms with Gasteiger partial charge >= 0.3 is 6.18 Å². The van der Waals surface area contributed by atoms with Crippen LogP contribution in [0.4, 0.5) is 13.2 Å². The van der Waals surface area contributed by atoms with Gasteiger partial charge in [-0.3, -0.25) is 4.98 Å². The van der Waals surface area contributed by atoms with E-state index in [1.807, 2.05) is 44.2 Å². The Kier molecular flexibility index (Phi) is 5.27. The molecule has 1 aliphatic rings. The van der Waals surface area contributed by atoms with Crippen molar-refractivity contribution in [2.75, 3.05) is 0 Å². The fourth-order valence-electron chi connectivity index (χ4n) is 3.94. The van der Waals surface area contributed by atoms with Gasteiger partial charge in [0.15, 0.2) is 5.11 Å². The fourth-order valence-corrected chi connectivity index (χ4v) is 4.39. The van der Waals surface area contributed by atoms with Crippen LogP contribution in [-0.4, -0.2) is 25.6 Å². The number of nitrogens with one attached hydrogen (secondary N) is 1. The standard InChI is InChI=1S/C22H21F3N4S/c1-14(2)29-20(19(27-21(29)30)17-9-3-4-11-26-17)18-10-6-12-28(18)16-8-5-7-15(13-16)22(23,24)25/h3-14,19-20H,1-2H3,(H,27,30)/t19-,20-/m1/s1. The quantitative estimate of drug-likeness (QED) is 0.572. The lowest BCUT2D eigenvalue weighted by Crippen LogP contribution is -2.36. The highest BCUT2D eigenvalue weighted by atomic mass is 32.1. The summed E-state index contributed by atoms with van der Waals surface area (Å²) in [6.45, 7) is 4.08. The van der Waals surface area contributed by atoms with Crippen molar-refractivity contribution in [2.24, 2.45) is 0 Å². The van der Waals surface area contributed by atoms with Gasteiger partial charge in [0.2, 0.25) is 0 Å². The normalized spacial score (nSPS) is 19.4. The first-order chi connectivity index (χ1) is 14.3.